The minimum Gasteiger partial charge on any atom is -0.497 e. The van der Waals surface area contributed by atoms with Gasteiger partial charge >= 0.3 is 0 Å². The van der Waals surface area contributed by atoms with E-state index in [0.717, 1.165) is 23.3 Å². The average Bonchev–Trinajstić information content (AvgIpc) is 3.29. The molecule has 4 rings (SSSR count). The Morgan fingerprint density at radius 2 is 1.91 bits per heavy atom. The van der Waals surface area contributed by atoms with Gasteiger partial charge in [-0.05, 0) is 49.1 Å². The fraction of sp³-hybridized carbons (Fsp3) is 0.444. The third-order valence-corrected chi connectivity index (χ3v) is 8.47. The van der Waals surface area contributed by atoms with Crippen molar-refractivity contribution in [1.82, 2.24) is 15.5 Å². The summed E-state index contributed by atoms with van der Waals surface area (Å²) in [5.74, 6) is -0.0371. The Morgan fingerprint density at radius 3 is 2.63 bits per heavy atom. The van der Waals surface area contributed by atoms with Gasteiger partial charge in [-0.25, -0.2) is 0 Å². The van der Waals surface area contributed by atoms with Crippen molar-refractivity contribution >= 4 is 29.5 Å². The first kappa shape index (κ1) is 25.1. The van der Waals surface area contributed by atoms with Crippen LogP contribution in [0.15, 0.2) is 48.5 Å². The SMILES string of the molecule is CCC(C)[C@H](NC(=O)[C@H]1N2C(=O)c3ccccc3C2SC1(C)C)C(=O)NCc1cccc(OC)c1. The predicted octanol–water partition coefficient (Wildman–Crippen LogP) is 3.89. The zero-order chi connectivity index (χ0) is 25.3. The molecule has 0 radical (unpaired) electrons. The summed E-state index contributed by atoms with van der Waals surface area (Å²) >= 11 is 1.61. The van der Waals surface area contributed by atoms with Gasteiger partial charge < -0.3 is 20.3 Å². The van der Waals surface area contributed by atoms with Gasteiger partial charge in [0.2, 0.25) is 11.8 Å². The van der Waals surface area contributed by atoms with Crippen molar-refractivity contribution in [1.29, 1.82) is 0 Å². The summed E-state index contributed by atoms with van der Waals surface area (Å²) in [6, 6.07) is 13.6. The van der Waals surface area contributed by atoms with Crippen LogP contribution < -0.4 is 15.4 Å². The van der Waals surface area contributed by atoms with Crippen molar-refractivity contribution in [3.8, 4) is 5.75 Å². The van der Waals surface area contributed by atoms with Gasteiger partial charge in [-0.1, -0.05) is 50.6 Å². The van der Waals surface area contributed by atoms with Gasteiger partial charge in [0.1, 0.15) is 23.2 Å². The lowest BCUT2D eigenvalue weighted by molar-refractivity contribution is -0.133. The summed E-state index contributed by atoms with van der Waals surface area (Å²) in [5.41, 5.74) is 2.50. The second-order valence-electron chi connectivity index (χ2n) is 9.72. The highest BCUT2D eigenvalue weighted by molar-refractivity contribution is 8.01. The Bertz CT molecular complexity index is 1130. The molecular weight excluding hydrogens is 462 g/mol. The van der Waals surface area contributed by atoms with E-state index in [2.05, 4.69) is 10.6 Å². The van der Waals surface area contributed by atoms with Gasteiger partial charge in [-0.2, -0.15) is 0 Å². The fourth-order valence-corrected chi connectivity index (χ4v) is 6.41. The molecule has 0 spiro atoms. The average molecular weight is 496 g/mol. The summed E-state index contributed by atoms with van der Waals surface area (Å²) in [6.07, 6.45) is 0.719. The number of ether oxygens (including phenoxy) is 1. The molecule has 8 heteroatoms. The molecule has 35 heavy (non-hydrogen) atoms. The number of amides is 3. The Labute approximate surface area is 211 Å². The monoisotopic (exact) mass is 495 g/mol. The maximum absolute atomic E-state index is 13.7. The topological polar surface area (TPSA) is 87.7 Å². The van der Waals surface area contributed by atoms with E-state index >= 15 is 0 Å². The molecule has 2 aromatic carbocycles. The summed E-state index contributed by atoms with van der Waals surface area (Å²) < 4.78 is 4.75. The van der Waals surface area contributed by atoms with Crippen molar-refractivity contribution in [3.05, 3.63) is 65.2 Å². The normalized spacial score (nSPS) is 21.6. The van der Waals surface area contributed by atoms with Gasteiger partial charge in [-0.3, -0.25) is 14.4 Å². The number of nitrogens with zero attached hydrogens (tertiary/aromatic N) is 1. The van der Waals surface area contributed by atoms with Crippen LogP contribution in [-0.2, 0) is 16.1 Å². The molecule has 2 heterocycles. The van der Waals surface area contributed by atoms with Crippen LogP contribution in [0.2, 0.25) is 0 Å². The fourth-order valence-electron chi connectivity index (χ4n) is 4.82. The van der Waals surface area contributed by atoms with Crippen LogP contribution in [0.25, 0.3) is 0 Å². The highest BCUT2D eigenvalue weighted by Gasteiger charge is 2.57. The second-order valence-corrected chi connectivity index (χ2v) is 11.5. The van der Waals surface area contributed by atoms with Crippen LogP contribution >= 0.6 is 11.8 Å². The number of benzene rings is 2. The Kier molecular flexibility index (Phi) is 7.12. The largest absolute Gasteiger partial charge is 0.497 e. The number of hydrogen-bond acceptors (Lipinski definition) is 5. The van der Waals surface area contributed by atoms with E-state index in [1.807, 2.05) is 76.2 Å². The number of fused-ring (bicyclic) bond motifs is 3. The molecule has 2 aliphatic rings. The molecular formula is C27H33N3O4S. The number of hydrogen-bond donors (Lipinski definition) is 2. The van der Waals surface area contributed by atoms with E-state index in [1.165, 1.54) is 0 Å². The third kappa shape index (κ3) is 4.76. The number of methoxy groups -OCH3 is 1. The minimum absolute atomic E-state index is 0.0799. The number of nitrogens with one attached hydrogen (secondary N) is 2. The Morgan fingerprint density at radius 1 is 1.17 bits per heavy atom. The van der Waals surface area contributed by atoms with Gasteiger partial charge in [0.05, 0.1) is 7.11 Å². The lowest BCUT2D eigenvalue weighted by atomic mass is 9.95. The standard InChI is InChI=1S/C27H33N3O4S/c1-6-16(2)21(23(31)28-15-17-10-9-11-18(14-17)34-5)29-24(32)22-27(3,4)35-26-20-13-8-7-12-19(20)25(33)30(22)26/h7-14,16,21-22,26H,6,15H2,1-5H3,(H,28,31)(H,29,32)/t16?,21-,22+,26?/m0/s1. The first-order valence-corrected chi connectivity index (χ1v) is 12.9. The molecule has 0 aliphatic carbocycles. The van der Waals surface area contributed by atoms with E-state index < -0.39 is 16.8 Å². The van der Waals surface area contributed by atoms with Gasteiger partial charge in [-0.15, -0.1) is 11.8 Å². The molecule has 7 nitrogen and oxygen atoms in total. The number of rotatable bonds is 8. The van der Waals surface area contributed by atoms with E-state index in [4.69, 9.17) is 4.74 Å². The second kappa shape index (κ2) is 9.93. The van der Waals surface area contributed by atoms with Crippen LogP contribution in [0.4, 0.5) is 0 Å². The van der Waals surface area contributed by atoms with E-state index in [-0.39, 0.29) is 29.0 Å². The summed E-state index contributed by atoms with van der Waals surface area (Å²) in [5, 5.41) is 5.76. The summed E-state index contributed by atoms with van der Waals surface area (Å²) in [6.45, 7) is 8.23. The highest BCUT2D eigenvalue weighted by atomic mass is 32.2. The van der Waals surface area contributed by atoms with E-state index in [1.54, 1.807) is 23.8 Å². The van der Waals surface area contributed by atoms with Crippen LogP contribution in [0.1, 0.15) is 61.0 Å². The van der Waals surface area contributed by atoms with Crippen molar-refractivity contribution in [2.45, 2.75) is 62.9 Å². The number of carbonyl (C=O) groups is 3. The quantitative estimate of drug-likeness (QED) is 0.580. The van der Waals surface area contributed by atoms with Gasteiger partial charge in [0.25, 0.3) is 5.91 Å². The first-order valence-electron chi connectivity index (χ1n) is 12.0. The summed E-state index contributed by atoms with van der Waals surface area (Å²) in [7, 11) is 1.60. The van der Waals surface area contributed by atoms with Crippen molar-refractivity contribution in [3.63, 3.8) is 0 Å². The molecule has 0 aromatic heterocycles. The smallest absolute Gasteiger partial charge is 0.256 e. The minimum atomic E-state index is -0.710. The molecule has 1 fully saturated rings. The molecule has 2 aromatic rings. The van der Waals surface area contributed by atoms with Crippen molar-refractivity contribution in [2.24, 2.45) is 5.92 Å². The van der Waals surface area contributed by atoms with E-state index in [0.29, 0.717) is 12.1 Å². The van der Waals surface area contributed by atoms with Gasteiger partial charge in [0, 0.05) is 16.9 Å². The first-order chi connectivity index (χ1) is 16.7. The molecule has 2 aliphatic heterocycles. The molecule has 0 bridgehead atoms. The van der Waals surface area contributed by atoms with Crippen LogP contribution in [-0.4, -0.2) is 46.6 Å². The lowest BCUT2D eigenvalue weighted by Gasteiger charge is -2.32. The third-order valence-electron chi connectivity index (χ3n) is 6.94. The zero-order valence-electron chi connectivity index (χ0n) is 20.8. The highest BCUT2D eigenvalue weighted by Crippen LogP contribution is 2.56. The molecule has 4 atom stereocenters. The van der Waals surface area contributed by atoms with Crippen LogP contribution in [0.5, 0.6) is 5.75 Å². The Balaban J connectivity index is 1.51. The Hall–Kier alpha value is -3.00. The summed E-state index contributed by atoms with van der Waals surface area (Å²) in [4.78, 5) is 41.8. The maximum atomic E-state index is 13.7. The van der Waals surface area contributed by atoms with Crippen molar-refractivity contribution in [2.75, 3.05) is 7.11 Å². The molecule has 1 saturated heterocycles. The number of carbonyl (C=O) groups excluding carboxylic acids is 3. The predicted molar refractivity (Wildman–Crippen MR) is 137 cm³/mol. The molecule has 186 valence electrons. The van der Waals surface area contributed by atoms with Crippen LogP contribution in [0.3, 0.4) is 0 Å². The number of thioether (sulfide) groups is 1. The van der Waals surface area contributed by atoms with Crippen molar-refractivity contribution < 1.29 is 19.1 Å². The van der Waals surface area contributed by atoms with Crippen LogP contribution in [0, 0.1) is 5.92 Å². The van der Waals surface area contributed by atoms with Gasteiger partial charge in [0.15, 0.2) is 0 Å². The lowest BCUT2D eigenvalue weighted by Crippen LogP contribution is -2.58. The molecule has 3 amide bonds. The maximum Gasteiger partial charge on any atom is 0.256 e. The zero-order valence-corrected chi connectivity index (χ0v) is 21.6. The molecule has 2 N–H and O–H groups in total. The molecule has 0 saturated carbocycles. The van der Waals surface area contributed by atoms with E-state index in [9.17, 15) is 14.4 Å². The molecule has 2 unspecified atom stereocenters.